The fourth-order valence-corrected chi connectivity index (χ4v) is 3.40. The molecule has 1 N–H and O–H groups in total. The van der Waals surface area contributed by atoms with Gasteiger partial charge in [0.1, 0.15) is 12.4 Å². The van der Waals surface area contributed by atoms with Gasteiger partial charge in [-0.15, -0.1) is 11.3 Å². The summed E-state index contributed by atoms with van der Waals surface area (Å²) in [7, 11) is 0. The molecule has 102 valence electrons. The molecule has 1 atom stereocenters. The molecular formula is C16H15NO2S. The normalized spacial score (nSPS) is 17.2. The van der Waals surface area contributed by atoms with Gasteiger partial charge in [0.05, 0.1) is 5.69 Å². The van der Waals surface area contributed by atoms with Gasteiger partial charge in [-0.1, -0.05) is 24.8 Å². The molecule has 1 aromatic carbocycles. The Labute approximate surface area is 121 Å². The summed E-state index contributed by atoms with van der Waals surface area (Å²) in [6.07, 6.45) is 2.20. The summed E-state index contributed by atoms with van der Waals surface area (Å²) in [6, 6.07) is 9.91. The van der Waals surface area contributed by atoms with Crippen molar-refractivity contribution in [3.05, 3.63) is 58.8 Å². The van der Waals surface area contributed by atoms with E-state index in [1.807, 2.05) is 35.7 Å². The van der Waals surface area contributed by atoms with Gasteiger partial charge < -0.3 is 10.1 Å². The molecule has 2 aromatic rings. The maximum absolute atomic E-state index is 11.8. The fourth-order valence-electron chi connectivity index (χ4n) is 2.42. The molecule has 0 fully saturated rings. The van der Waals surface area contributed by atoms with Crippen LogP contribution in [0.5, 0.6) is 5.75 Å². The summed E-state index contributed by atoms with van der Waals surface area (Å²) >= 11 is 1.68. The topological polar surface area (TPSA) is 38.3 Å². The highest BCUT2D eigenvalue weighted by Gasteiger charge is 2.27. The van der Waals surface area contributed by atoms with Crippen molar-refractivity contribution < 1.29 is 9.53 Å². The van der Waals surface area contributed by atoms with Crippen LogP contribution in [0, 0.1) is 0 Å². The highest BCUT2D eigenvalue weighted by Crippen LogP contribution is 2.41. The first-order chi connectivity index (χ1) is 9.78. The lowest BCUT2D eigenvalue weighted by Gasteiger charge is -2.23. The second-order valence-corrected chi connectivity index (χ2v) is 5.62. The molecule has 1 aliphatic heterocycles. The Morgan fingerprint density at radius 3 is 3.20 bits per heavy atom. The summed E-state index contributed by atoms with van der Waals surface area (Å²) in [5.41, 5.74) is 2.05. The maximum atomic E-state index is 11.8. The predicted molar refractivity (Wildman–Crippen MR) is 81.5 cm³/mol. The van der Waals surface area contributed by atoms with Crippen LogP contribution in [0.25, 0.3) is 0 Å². The average molecular weight is 285 g/mol. The molecular weight excluding hydrogens is 270 g/mol. The lowest BCUT2D eigenvalue weighted by atomic mass is 9.90. The lowest BCUT2D eigenvalue weighted by molar-refractivity contribution is -0.116. The van der Waals surface area contributed by atoms with E-state index in [1.165, 1.54) is 4.88 Å². The first-order valence-corrected chi connectivity index (χ1v) is 7.37. The van der Waals surface area contributed by atoms with Gasteiger partial charge in [-0.2, -0.15) is 0 Å². The molecule has 0 bridgehead atoms. The van der Waals surface area contributed by atoms with Gasteiger partial charge in [0, 0.05) is 17.2 Å². The van der Waals surface area contributed by atoms with Crippen LogP contribution in [0.4, 0.5) is 5.69 Å². The van der Waals surface area contributed by atoms with Crippen molar-refractivity contribution in [1.29, 1.82) is 0 Å². The Kier molecular flexibility index (Phi) is 3.56. The largest absolute Gasteiger partial charge is 0.490 e. The zero-order valence-corrected chi connectivity index (χ0v) is 11.8. The van der Waals surface area contributed by atoms with E-state index in [0.717, 1.165) is 17.0 Å². The summed E-state index contributed by atoms with van der Waals surface area (Å²) in [5, 5.41) is 4.93. The maximum Gasteiger partial charge on any atom is 0.225 e. The van der Waals surface area contributed by atoms with Crippen molar-refractivity contribution in [2.45, 2.75) is 12.3 Å². The standard InChI is InChI=1S/C16H15NO2S/c1-2-7-19-12-5-3-4-11(9-12)13-10-15(18)17-14-6-8-20-16(13)14/h2-6,8-9,13H,1,7,10H2,(H,17,18)/t13-/m0/s1. The molecule has 0 aliphatic carbocycles. The second-order valence-electron chi connectivity index (χ2n) is 4.68. The van der Waals surface area contributed by atoms with Crippen molar-refractivity contribution in [3.63, 3.8) is 0 Å². The van der Waals surface area contributed by atoms with Gasteiger partial charge in [0.25, 0.3) is 0 Å². The lowest BCUT2D eigenvalue weighted by Crippen LogP contribution is -2.21. The number of amides is 1. The van der Waals surface area contributed by atoms with Crippen molar-refractivity contribution in [2.75, 3.05) is 11.9 Å². The number of thiophene rings is 1. The Balaban J connectivity index is 1.93. The van der Waals surface area contributed by atoms with E-state index in [9.17, 15) is 4.79 Å². The number of ether oxygens (including phenoxy) is 1. The summed E-state index contributed by atoms with van der Waals surface area (Å²) in [5.74, 6) is 0.996. The predicted octanol–water partition coefficient (Wildman–Crippen LogP) is 3.79. The van der Waals surface area contributed by atoms with Crippen LogP contribution >= 0.6 is 11.3 Å². The number of carbonyl (C=O) groups is 1. The van der Waals surface area contributed by atoms with Crippen LogP contribution in [0.2, 0.25) is 0 Å². The fraction of sp³-hybridized carbons (Fsp3) is 0.188. The van der Waals surface area contributed by atoms with Crippen LogP contribution in [-0.2, 0) is 4.79 Å². The molecule has 1 aliphatic rings. The smallest absolute Gasteiger partial charge is 0.225 e. The van der Waals surface area contributed by atoms with Crippen molar-refractivity contribution in [2.24, 2.45) is 0 Å². The molecule has 4 heteroatoms. The quantitative estimate of drug-likeness (QED) is 0.868. The minimum atomic E-state index is 0.0679. The van der Waals surface area contributed by atoms with E-state index in [4.69, 9.17) is 4.74 Å². The number of nitrogens with one attached hydrogen (secondary N) is 1. The molecule has 0 spiro atoms. The van der Waals surface area contributed by atoms with E-state index in [0.29, 0.717) is 13.0 Å². The third-order valence-electron chi connectivity index (χ3n) is 3.30. The molecule has 3 nitrogen and oxygen atoms in total. The molecule has 2 heterocycles. The summed E-state index contributed by atoms with van der Waals surface area (Å²) in [6.45, 7) is 4.13. The highest BCUT2D eigenvalue weighted by molar-refractivity contribution is 7.10. The average Bonchev–Trinajstić information content (AvgIpc) is 2.92. The molecule has 0 unspecified atom stereocenters. The minimum Gasteiger partial charge on any atom is -0.490 e. The van der Waals surface area contributed by atoms with Gasteiger partial charge in [-0.25, -0.2) is 0 Å². The Morgan fingerprint density at radius 2 is 2.35 bits per heavy atom. The SMILES string of the molecule is C=CCOc1cccc([C@@H]2CC(=O)Nc3ccsc32)c1. The van der Waals surface area contributed by atoms with Crippen LogP contribution in [0.3, 0.4) is 0 Å². The second kappa shape index (κ2) is 5.51. The molecule has 1 amide bonds. The van der Waals surface area contributed by atoms with Gasteiger partial charge in [-0.3, -0.25) is 4.79 Å². The van der Waals surface area contributed by atoms with Crippen molar-refractivity contribution in [3.8, 4) is 5.75 Å². The third kappa shape index (κ3) is 2.47. The number of benzene rings is 1. The minimum absolute atomic E-state index is 0.0679. The van der Waals surface area contributed by atoms with E-state index in [1.54, 1.807) is 17.4 Å². The van der Waals surface area contributed by atoms with E-state index in [-0.39, 0.29) is 11.8 Å². The van der Waals surface area contributed by atoms with Gasteiger partial charge in [0.15, 0.2) is 0 Å². The molecule has 0 saturated carbocycles. The van der Waals surface area contributed by atoms with Gasteiger partial charge in [-0.05, 0) is 29.1 Å². The van der Waals surface area contributed by atoms with Crippen LogP contribution in [-0.4, -0.2) is 12.5 Å². The van der Waals surface area contributed by atoms with E-state index >= 15 is 0 Å². The zero-order valence-electron chi connectivity index (χ0n) is 11.0. The number of carbonyl (C=O) groups excluding carboxylic acids is 1. The number of hydrogen-bond acceptors (Lipinski definition) is 3. The summed E-state index contributed by atoms with van der Waals surface area (Å²) in [4.78, 5) is 13.0. The Hall–Kier alpha value is -2.07. The molecule has 3 rings (SSSR count). The molecule has 1 aromatic heterocycles. The first kappa shape index (κ1) is 12.9. The highest BCUT2D eigenvalue weighted by atomic mass is 32.1. The molecule has 0 radical (unpaired) electrons. The number of rotatable bonds is 4. The van der Waals surface area contributed by atoms with Crippen molar-refractivity contribution in [1.82, 2.24) is 0 Å². The molecule has 0 saturated heterocycles. The van der Waals surface area contributed by atoms with Gasteiger partial charge in [0.2, 0.25) is 5.91 Å². The van der Waals surface area contributed by atoms with Crippen molar-refractivity contribution >= 4 is 22.9 Å². The van der Waals surface area contributed by atoms with Crippen LogP contribution in [0.15, 0.2) is 48.4 Å². The third-order valence-corrected chi connectivity index (χ3v) is 4.33. The van der Waals surface area contributed by atoms with E-state index in [2.05, 4.69) is 11.9 Å². The molecule has 20 heavy (non-hydrogen) atoms. The first-order valence-electron chi connectivity index (χ1n) is 6.49. The zero-order chi connectivity index (χ0) is 13.9. The monoisotopic (exact) mass is 285 g/mol. The van der Waals surface area contributed by atoms with E-state index < -0.39 is 0 Å². The number of fused-ring (bicyclic) bond motifs is 1. The Morgan fingerprint density at radius 1 is 1.45 bits per heavy atom. The van der Waals surface area contributed by atoms with Gasteiger partial charge >= 0.3 is 0 Å². The Bertz CT molecular complexity index is 647. The number of hydrogen-bond donors (Lipinski definition) is 1. The summed E-state index contributed by atoms with van der Waals surface area (Å²) < 4.78 is 5.57. The van der Waals surface area contributed by atoms with Crippen LogP contribution in [0.1, 0.15) is 22.8 Å². The van der Waals surface area contributed by atoms with Crippen LogP contribution < -0.4 is 10.1 Å². The number of anilines is 1.